The van der Waals surface area contributed by atoms with Gasteiger partial charge in [-0.3, -0.25) is 0 Å². The lowest BCUT2D eigenvalue weighted by atomic mass is 9.77. The molecule has 0 amide bonds. The highest BCUT2D eigenvalue weighted by atomic mass is 14.9. The van der Waals surface area contributed by atoms with Gasteiger partial charge in [0, 0.05) is 12.2 Å². The van der Waals surface area contributed by atoms with Gasteiger partial charge < -0.3 is 11.1 Å². The fraction of sp³-hybridized carbons (Fsp3) is 0.688. The molecule has 1 aromatic heterocycles. The van der Waals surface area contributed by atoms with Gasteiger partial charge >= 0.3 is 0 Å². The topological polar surface area (TPSA) is 50.9 Å². The van der Waals surface area contributed by atoms with Gasteiger partial charge in [-0.15, -0.1) is 0 Å². The Bertz CT molecular complexity index is 383. The Hall–Kier alpha value is -1.09. The zero-order valence-corrected chi connectivity index (χ0v) is 12.2. The van der Waals surface area contributed by atoms with Crippen molar-refractivity contribution in [2.45, 2.75) is 52.0 Å². The maximum atomic E-state index is 5.98. The number of nitrogens with two attached hydrogens (primary N) is 1. The normalized spacial score (nSPS) is 25.2. The molecule has 1 atom stereocenters. The Labute approximate surface area is 117 Å². The Morgan fingerprint density at radius 3 is 2.74 bits per heavy atom. The molecule has 106 valence electrons. The molecule has 0 radical (unpaired) electrons. The Morgan fingerprint density at radius 1 is 1.37 bits per heavy atom. The summed E-state index contributed by atoms with van der Waals surface area (Å²) in [5.41, 5.74) is 7.16. The molecule has 0 aliphatic heterocycles. The van der Waals surface area contributed by atoms with Crippen LogP contribution in [0.1, 0.15) is 45.1 Å². The first kappa shape index (κ1) is 14.3. The number of aromatic nitrogens is 1. The average Bonchev–Trinajstić information content (AvgIpc) is 2.42. The van der Waals surface area contributed by atoms with Gasteiger partial charge in [0.2, 0.25) is 0 Å². The molecule has 19 heavy (non-hydrogen) atoms. The fourth-order valence-corrected chi connectivity index (χ4v) is 3.22. The molecule has 1 fully saturated rings. The van der Waals surface area contributed by atoms with Crippen LogP contribution in [0.5, 0.6) is 0 Å². The van der Waals surface area contributed by atoms with Crippen LogP contribution in [-0.4, -0.2) is 17.6 Å². The van der Waals surface area contributed by atoms with E-state index in [0.717, 1.165) is 24.8 Å². The fourth-order valence-electron chi connectivity index (χ4n) is 3.22. The van der Waals surface area contributed by atoms with E-state index in [1.165, 1.54) is 31.2 Å². The molecule has 0 saturated heterocycles. The number of nitrogens with zero attached hydrogens (tertiary/aromatic N) is 1. The summed E-state index contributed by atoms with van der Waals surface area (Å²) in [6.45, 7) is 5.58. The zero-order valence-electron chi connectivity index (χ0n) is 12.2. The first-order valence-corrected chi connectivity index (χ1v) is 7.63. The summed E-state index contributed by atoms with van der Waals surface area (Å²) in [6, 6.07) is 4.64. The number of rotatable bonds is 5. The van der Waals surface area contributed by atoms with Crippen LogP contribution in [0.4, 0.5) is 5.82 Å². The zero-order chi connectivity index (χ0) is 13.7. The summed E-state index contributed by atoms with van der Waals surface area (Å²) in [5, 5.41) is 3.66. The Balaban J connectivity index is 2.02. The van der Waals surface area contributed by atoms with Gasteiger partial charge in [0.1, 0.15) is 5.82 Å². The number of hydrogen-bond donors (Lipinski definition) is 2. The molecule has 1 unspecified atom stereocenters. The molecule has 0 bridgehead atoms. The molecule has 3 N–H and O–H groups in total. The first-order valence-electron chi connectivity index (χ1n) is 7.63. The molecule has 1 aliphatic carbocycles. The highest BCUT2D eigenvalue weighted by molar-refractivity contribution is 5.39. The van der Waals surface area contributed by atoms with E-state index in [4.69, 9.17) is 5.73 Å². The second-order valence-corrected chi connectivity index (χ2v) is 5.94. The highest BCUT2D eigenvalue weighted by Gasteiger charge is 2.26. The monoisotopic (exact) mass is 261 g/mol. The molecule has 1 aromatic rings. The predicted molar refractivity (Wildman–Crippen MR) is 80.9 cm³/mol. The molecule has 3 nitrogen and oxygen atoms in total. The van der Waals surface area contributed by atoms with Crippen LogP contribution in [0, 0.1) is 11.8 Å². The average molecular weight is 261 g/mol. The number of hydrogen-bond acceptors (Lipinski definition) is 3. The van der Waals surface area contributed by atoms with Gasteiger partial charge in [0.15, 0.2) is 0 Å². The van der Waals surface area contributed by atoms with E-state index in [9.17, 15) is 0 Å². The summed E-state index contributed by atoms with van der Waals surface area (Å²) in [7, 11) is 0. The number of anilines is 1. The van der Waals surface area contributed by atoms with Gasteiger partial charge in [-0.2, -0.15) is 0 Å². The largest absolute Gasteiger partial charge is 0.383 e. The van der Waals surface area contributed by atoms with Crippen molar-refractivity contribution in [1.29, 1.82) is 0 Å². The lowest BCUT2D eigenvalue weighted by molar-refractivity contribution is 0.230. The lowest BCUT2D eigenvalue weighted by Crippen LogP contribution is -2.39. The van der Waals surface area contributed by atoms with Crippen molar-refractivity contribution in [2.75, 3.05) is 12.3 Å². The van der Waals surface area contributed by atoms with Crippen molar-refractivity contribution in [3.05, 3.63) is 23.9 Å². The molecule has 0 spiro atoms. The first-order chi connectivity index (χ1) is 9.20. The van der Waals surface area contributed by atoms with Crippen LogP contribution >= 0.6 is 0 Å². The molecule has 3 heteroatoms. The number of nitrogen functional groups attached to an aromatic ring is 1. The number of likely N-dealkylation sites (N-methyl/N-ethyl adjacent to an activating group) is 1. The second kappa shape index (κ2) is 6.90. The summed E-state index contributed by atoms with van der Waals surface area (Å²) < 4.78 is 0. The van der Waals surface area contributed by atoms with Gasteiger partial charge in [-0.25, -0.2) is 4.98 Å². The van der Waals surface area contributed by atoms with E-state index in [-0.39, 0.29) is 0 Å². The van der Waals surface area contributed by atoms with Gasteiger partial charge in [-0.05, 0) is 49.3 Å². The van der Waals surface area contributed by atoms with E-state index in [2.05, 4.69) is 30.2 Å². The van der Waals surface area contributed by atoms with Crippen molar-refractivity contribution in [3.63, 3.8) is 0 Å². The maximum Gasteiger partial charge on any atom is 0.126 e. The smallest absolute Gasteiger partial charge is 0.126 e. The van der Waals surface area contributed by atoms with Crippen molar-refractivity contribution < 1.29 is 0 Å². The van der Waals surface area contributed by atoms with Crippen LogP contribution in [0.15, 0.2) is 18.3 Å². The van der Waals surface area contributed by atoms with E-state index < -0.39 is 0 Å². The molecular formula is C16H27N3. The summed E-state index contributed by atoms with van der Waals surface area (Å²) in [6.07, 6.45) is 8.21. The number of nitrogens with one attached hydrogen (secondary N) is 1. The molecule has 2 rings (SSSR count). The third kappa shape index (κ3) is 3.93. The molecule has 1 aliphatic rings. The van der Waals surface area contributed by atoms with Crippen molar-refractivity contribution >= 4 is 5.82 Å². The third-order valence-corrected chi connectivity index (χ3v) is 4.46. The van der Waals surface area contributed by atoms with Crippen molar-refractivity contribution in [2.24, 2.45) is 11.8 Å². The van der Waals surface area contributed by atoms with Crippen LogP contribution in [-0.2, 0) is 6.42 Å². The van der Waals surface area contributed by atoms with E-state index in [0.29, 0.717) is 11.9 Å². The molecule has 0 aromatic carbocycles. The SMILES string of the molecule is CCNC(Cc1cccnc1N)C1CCC(C)CC1. The van der Waals surface area contributed by atoms with Gasteiger partial charge in [-0.1, -0.05) is 32.8 Å². The van der Waals surface area contributed by atoms with Crippen LogP contribution in [0.2, 0.25) is 0 Å². The maximum absolute atomic E-state index is 5.98. The lowest BCUT2D eigenvalue weighted by Gasteiger charge is -2.33. The predicted octanol–water partition coefficient (Wildman–Crippen LogP) is 3.01. The van der Waals surface area contributed by atoms with E-state index in [1.54, 1.807) is 6.20 Å². The van der Waals surface area contributed by atoms with Crippen molar-refractivity contribution in [3.8, 4) is 0 Å². The Morgan fingerprint density at radius 2 is 2.11 bits per heavy atom. The minimum Gasteiger partial charge on any atom is -0.383 e. The van der Waals surface area contributed by atoms with Crippen LogP contribution in [0.3, 0.4) is 0 Å². The van der Waals surface area contributed by atoms with Gasteiger partial charge in [0.25, 0.3) is 0 Å². The summed E-state index contributed by atoms with van der Waals surface area (Å²) >= 11 is 0. The standard InChI is InChI=1S/C16H27N3/c1-3-18-15(13-8-6-12(2)7-9-13)11-14-5-4-10-19-16(14)17/h4-5,10,12-13,15,18H,3,6-9,11H2,1-2H3,(H2,17,19). The molecular weight excluding hydrogens is 234 g/mol. The van der Waals surface area contributed by atoms with Crippen LogP contribution < -0.4 is 11.1 Å². The van der Waals surface area contributed by atoms with E-state index in [1.807, 2.05) is 6.07 Å². The van der Waals surface area contributed by atoms with Gasteiger partial charge in [0.05, 0.1) is 0 Å². The quantitative estimate of drug-likeness (QED) is 0.856. The second-order valence-electron chi connectivity index (χ2n) is 5.94. The minimum atomic E-state index is 0.545. The molecule has 1 saturated carbocycles. The molecule has 1 heterocycles. The number of pyridine rings is 1. The third-order valence-electron chi connectivity index (χ3n) is 4.46. The van der Waals surface area contributed by atoms with Crippen molar-refractivity contribution in [1.82, 2.24) is 10.3 Å². The summed E-state index contributed by atoms with van der Waals surface area (Å²) in [5.74, 6) is 2.38. The minimum absolute atomic E-state index is 0.545. The Kier molecular flexibility index (Phi) is 5.20. The highest BCUT2D eigenvalue weighted by Crippen LogP contribution is 2.31. The van der Waals surface area contributed by atoms with E-state index >= 15 is 0 Å². The van der Waals surface area contributed by atoms with Crippen LogP contribution in [0.25, 0.3) is 0 Å². The summed E-state index contributed by atoms with van der Waals surface area (Å²) in [4.78, 5) is 4.20.